The van der Waals surface area contributed by atoms with Gasteiger partial charge < -0.3 is 10.3 Å². The van der Waals surface area contributed by atoms with E-state index >= 15 is 0 Å². The summed E-state index contributed by atoms with van der Waals surface area (Å²) in [6.07, 6.45) is 0.989. The van der Waals surface area contributed by atoms with Gasteiger partial charge in [-0.25, -0.2) is 0 Å². The standard InChI is InChI=1S/C21H23BrN2O3/c1-20(2)10-12(11-21(3,4)24(20)27)23-18(25)14-7-5-6-13-16(22)9-8-15(17(13)14)19(23)26/h5-9,12,24H,10-11H2,1-4H3. The third kappa shape index (κ3) is 2.65. The van der Waals surface area contributed by atoms with Gasteiger partial charge >= 0.3 is 0 Å². The SMILES string of the molecule is CC1(C)CC(N2C(=O)c3cccc4c(Br)ccc(c34)C2=O)CC(C)(C)[NH+]1[O-]. The minimum Gasteiger partial charge on any atom is -0.634 e. The molecule has 6 heteroatoms. The Balaban J connectivity index is 1.84. The molecule has 1 saturated heterocycles. The summed E-state index contributed by atoms with van der Waals surface area (Å²) in [5.74, 6) is -0.524. The number of benzene rings is 2. The van der Waals surface area contributed by atoms with Crippen LogP contribution in [-0.2, 0) is 0 Å². The van der Waals surface area contributed by atoms with Crippen LogP contribution in [0.25, 0.3) is 10.8 Å². The van der Waals surface area contributed by atoms with Crippen molar-refractivity contribution in [1.82, 2.24) is 4.90 Å². The molecule has 0 unspecified atom stereocenters. The van der Waals surface area contributed by atoms with Crippen LogP contribution in [0.5, 0.6) is 0 Å². The second-order valence-corrected chi connectivity index (χ2v) is 9.82. The van der Waals surface area contributed by atoms with E-state index in [-0.39, 0.29) is 22.9 Å². The summed E-state index contributed by atoms with van der Waals surface area (Å²) in [6.45, 7) is 7.64. The smallest absolute Gasteiger partial charge is 0.261 e. The summed E-state index contributed by atoms with van der Waals surface area (Å²) in [5.41, 5.74) is -0.0374. The molecule has 1 N–H and O–H groups in total. The maximum Gasteiger partial charge on any atom is 0.261 e. The summed E-state index contributed by atoms with van der Waals surface area (Å²) in [4.78, 5) is 28.1. The van der Waals surface area contributed by atoms with Gasteiger partial charge in [-0.1, -0.05) is 28.1 Å². The van der Waals surface area contributed by atoms with Crippen molar-refractivity contribution in [2.24, 2.45) is 0 Å². The minimum atomic E-state index is -0.570. The van der Waals surface area contributed by atoms with Gasteiger partial charge in [-0.3, -0.25) is 14.5 Å². The van der Waals surface area contributed by atoms with Gasteiger partial charge in [0.1, 0.15) is 0 Å². The molecule has 0 aliphatic carbocycles. The van der Waals surface area contributed by atoms with Crippen molar-refractivity contribution < 1.29 is 14.7 Å². The Labute approximate surface area is 167 Å². The van der Waals surface area contributed by atoms with Crippen LogP contribution in [0.3, 0.4) is 0 Å². The Morgan fingerprint density at radius 1 is 1.00 bits per heavy atom. The largest absolute Gasteiger partial charge is 0.634 e. The number of rotatable bonds is 1. The zero-order valence-electron chi connectivity index (χ0n) is 15.9. The van der Waals surface area contributed by atoms with E-state index < -0.39 is 11.1 Å². The van der Waals surface area contributed by atoms with Gasteiger partial charge in [0.15, 0.2) is 0 Å². The number of nitrogens with zero attached hydrogens (tertiary/aromatic N) is 1. The summed E-state index contributed by atoms with van der Waals surface area (Å²) >= 11 is 3.51. The van der Waals surface area contributed by atoms with Crippen molar-refractivity contribution in [1.29, 1.82) is 0 Å². The van der Waals surface area contributed by atoms with E-state index in [2.05, 4.69) is 15.9 Å². The zero-order valence-corrected chi connectivity index (χ0v) is 17.5. The topological polar surface area (TPSA) is 64.9 Å². The van der Waals surface area contributed by atoms with Crippen LogP contribution in [0.4, 0.5) is 0 Å². The predicted molar refractivity (Wildman–Crippen MR) is 108 cm³/mol. The quantitative estimate of drug-likeness (QED) is 0.557. The normalized spacial score (nSPS) is 26.5. The molecule has 0 spiro atoms. The van der Waals surface area contributed by atoms with E-state index in [1.165, 1.54) is 4.90 Å². The fraction of sp³-hybridized carbons (Fsp3) is 0.429. The molecule has 2 aliphatic rings. The Morgan fingerprint density at radius 3 is 2.15 bits per heavy atom. The molecular formula is C21H23BrN2O3. The van der Waals surface area contributed by atoms with Crippen molar-refractivity contribution in [3.8, 4) is 0 Å². The highest BCUT2D eigenvalue weighted by Gasteiger charge is 2.50. The molecule has 2 aromatic carbocycles. The van der Waals surface area contributed by atoms with Crippen LogP contribution in [-0.4, -0.2) is 33.8 Å². The second-order valence-electron chi connectivity index (χ2n) is 8.96. The van der Waals surface area contributed by atoms with Crippen LogP contribution >= 0.6 is 15.9 Å². The summed E-state index contributed by atoms with van der Waals surface area (Å²) in [6, 6.07) is 8.88. The monoisotopic (exact) mass is 430 g/mol. The zero-order chi connectivity index (χ0) is 19.7. The number of quaternary nitrogens is 1. The average Bonchev–Trinajstić information content (AvgIpc) is 2.58. The van der Waals surface area contributed by atoms with Gasteiger partial charge in [0.2, 0.25) is 0 Å². The Hall–Kier alpha value is -1.76. The molecule has 142 valence electrons. The molecule has 2 amide bonds. The number of nitrogens with one attached hydrogen (secondary N) is 1. The van der Waals surface area contributed by atoms with Crippen molar-refractivity contribution in [3.63, 3.8) is 0 Å². The van der Waals surface area contributed by atoms with Gasteiger partial charge in [0.05, 0.1) is 17.1 Å². The van der Waals surface area contributed by atoms with E-state index in [1.54, 1.807) is 12.1 Å². The first-order chi connectivity index (χ1) is 12.5. The van der Waals surface area contributed by atoms with Crippen molar-refractivity contribution in [3.05, 3.63) is 51.1 Å². The number of hydroxylamine groups is 2. The average molecular weight is 431 g/mol. The molecule has 5 nitrogen and oxygen atoms in total. The molecule has 0 saturated carbocycles. The summed E-state index contributed by atoms with van der Waals surface area (Å²) in [7, 11) is 0. The first kappa shape index (κ1) is 18.6. The second kappa shape index (κ2) is 5.87. The third-order valence-electron chi connectivity index (χ3n) is 5.97. The number of hydrogen-bond acceptors (Lipinski definition) is 3. The molecule has 0 atom stereocenters. The van der Waals surface area contributed by atoms with Crippen LogP contribution < -0.4 is 5.06 Å². The first-order valence-electron chi connectivity index (χ1n) is 9.19. The highest BCUT2D eigenvalue weighted by atomic mass is 79.9. The molecule has 0 radical (unpaired) electrons. The van der Waals surface area contributed by atoms with Crippen molar-refractivity contribution >= 4 is 38.5 Å². The molecule has 2 aliphatic heterocycles. The lowest BCUT2D eigenvalue weighted by atomic mass is 9.77. The molecule has 27 heavy (non-hydrogen) atoms. The van der Waals surface area contributed by atoms with Gasteiger partial charge in [0, 0.05) is 33.8 Å². The number of carbonyl (C=O) groups excluding carboxylic acids is 2. The lowest BCUT2D eigenvalue weighted by Gasteiger charge is -2.56. The summed E-state index contributed by atoms with van der Waals surface area (Å²) in [5, 5.41) is 14.5. The lowest BCUT2D eigenvalue weighted by Crippen LogP contribution is -3.23. The molecule has 2 heterocycles. The Bertz CT molecular complexity index is 943. The van der Waals surface area contributed by atoms with Crippen molar-refractivity contribution in [2.75, 3.05) is 0 Å². The van der Waals surface area contributed by atoms with Crippen molar-refractivity contribution in [2.45, 2.75) is 57.7 Å². The van der Waals surface area contributed by atoms with Crippen LogP contribution in [0.2, 0.25) is 0 Å². The van der Waals surface area contributed by atoms with E-state index in [0.29, 0.717) is 29.4 Å². The fourth-order valence-electron chi connectivity index (χ4n) is 4.95. The van der Waals surface area contributed by atoms with Gasteiger partial charge in [-0.15, -0.1) is 0 Å². The van der Waals surface area contributed by atoms with Crippen LogP contribution in [0.1, 0.15) is 61.3 Å². The van der Waals surface area contributed by atoms with E-state index in [1.807, 2.05) is 45.9 Å². The molecule has 0 aromatic heterocycles. The molecule has 2 aromatic rings. The maximum absolute atomic E-state index is 13.3. The third-order valence-corrected chi connectivity index (χ3v) is 6.66. The van der Waals surface area contributed by atoms with E-state index in [0.717, 1.165) is 9.86 Å². The molecule has 0 bridgehead atoms. The number of hydrogen-bond donors (Lipinski definition) is 1. The van der Waals surface area contributed by atoms with Gasteiger partial charge in [-0.2, -0.15) is 0 Å². The van der Waals surface area contributed by atoms with Gasteiger partial charge in [0.25, 0.3) is 11.8 Å². The predicted octanol–water partition coefficient (Wildman–Crippen LogP) is 3.30. The number of imide groups is 1. The number of carbonyl (C=O) groups is 2. The highest BCUT2D eigenvalue weighted by molar-refractivity contribution is 9.10. The van der Waals surface area contributed by atoms with Crippen LogP contribution in [0.15, 0.2) is 34.8 Å². The Morgan fingerprint density at radius 2 is 1.56 bits per heavy atom. The Kier molecular flexibility index (Phi) is 4.04. The van der Waals surface area contributed by atoms with E-state index in [9.17, 15) is 14.8 Å². The number of amides is 2. The minimum absolute atomic E-state index is 0.189. The highest BCUT2D eigenvalue weighted by Crippen LogP contribution is 2.37. The van der Waals surface area contributed by atoms with Gasteiger partial charge in [-0.05, 0) is 51.3 Å². The molecule has 4 rings (SSSR count). The molecule has 1 fully saturated rings. The first-order valence-corrected chi connectivity index (χ1v) is 9.98. The lowest BCUT2D eigenvalue weighted by molar-refractivity contribution is -0.955. The number of piperidine rings is 1. The fourth-order valence-corrected chi connectivity index (χ4v) is 5.41. The van der Waals surface area contributed by atoms with E-state index in [4.69, 9.17) is 0 Å². The maximum atomic E-state index is 13.3. The number of halogens is 1. The van der Waals surface area contributed by atoms with Crippen LogP contribution in [0, 0.1) is 5.21 Å². The summed E-state index contributed by atoms with van der Waals surface area (Å²) < 4.78 is 0.864. The molecular weight excluding hydrogens is 408 g/mol.